The highest BCUT2D eigenvalue weighted by molar-refractivity contribution is 9.10. The average molecular weight is 423 g/mol. The van der Waals surface area contributed by atoms with E-state index in [0.717, 1.165) is 32.4 Å². The molecule has 4 aromatic rings. The van der Waals surface area contributed by atoms with Crippen LogP contribution in [0.4, 0.5) is 0 Å². The molecule has 0 radical (unpaired) electrons. The van der Waals surface area contributed by atoms with Gasteiger partial charge in [-0.3, -0.25) is 14.8 Å². The lowest BCUT2D eigenvalue weighted by Crippen LogP contribution is -2.25. The highest BCUT2D eigenvalue weighted by Crippen LogP contribution is 2.26. The molecular formula is C20H15BrN4O2. The van der Waals surface area contributed by atoms with E-state index in [-0.39, 0.29) is 5.56 Å². The molecule has 0 aliphatic heterocycles. The van der Waals surface area contributed by atoms with Gasteiger partial charge in [0.15, 0.2) is 0 Å². The first kappa shape index (κ1) is 17.4. The highest BCUT2D eigenvalue weighted by atomic mass is 79.9. The molecule has 134 valence electrons. The lowest BCUT2D eigenvalue weighted by molar-refractivity contribution is 0.291. The van der Waals surface area contributed by atoms with Crippen LogP contribution in [0.2, 0.25) is 0 Å². The average Bonchev–Trinajstić information content (AvgIpc) is 2.70. The molecular weight excluding hydrogens is 408 g/mol. The van der Waals surface area contributed by atoms with Gasteiger partial charge in [0.05, 0.1) is 17.8 Å². The van der Waals surface area contributed by atoms with E-state index in [2.05, 4.69) is 31.0 Å². The van der Waals surface area contributed by atoms with Crippen LogP contribution in [0.15, 0.2) is 76.4 Å². The molecule has 0 bridgehead atoms. The third kappa shape index (κ3) is 3.88. The van der Waals surface area contributed by atoms with Crippen LogP contribution in [0.3, 0.4) is 0 Å². The number of ether oxygens (including phenoxy) is 1. The standard InChI is InChI=1S/C20H15BrN4O2/c21-15-1-2-16-18(13-15)23-10-7-19(16)27-12-11-25-20(26)4-3-17(24-25)14-5-8-22-9-6-14/h1-10,13H,11-12H2. The second-order valence-electron chi connectivity index (χ2n) is 5.83. The number of pyridine rings is 2. The first-order chi connectivity index (χ1) is 13.2. The number of halogens is 1. The van der Waals surface area contributed by atoms with E-state index in [0.29, 0.717) is 13.2 Å². The van der Waals surface area contributed by atoms with Gasteiger partial charge < -0.3 is 4.74 Å². The monoisotopic (exact) mass is 422 g/mol. The summed E-state index contributed by atoms with van der Waals surface area (Å²) in [6.45, 7) is 0.667. The largest absolute Gasteiger partial charge is 0.491 e. The topological polar surface area (TPSA) is 69.9 Å². The van der Waals surface area contributed by atoms with Crippen LogP contribution >= 0.6 is 15.9 Å². The quantitative estimate of drug-likeness (QED) is 0.490. The van der Waals surface area contributed by atoms with Crippen molar-refractivity contribution in [3.63, 3.8) is 0 Å². The molecule has 0 N–H and O–H groups in total. The van der Waals surface area contributed by atoms with E-state index in [1.807, 2.05) is 36.4 Å². The third-order valence-corrected chi connectivity index (χ3v) is 4.56. The summed E-state index contributed by atoms with van der Waals surface area (Å²) in [6.07, 6.45) is 5.10. The van der Waals surface area contributed by atoms with Gasteiger partial charge in [-0.25, -0.2) is 4.68 Å². The number of benzene rings is 1. The summed E-state index contributed by atoms with van der Waals surface area (Å²) >= 11 is 3.44. The van der Waals surface area contributed by atoms with E-state index in [1.54, 1.807) is 24.7 Å². The Labute approximate surface area is 163 Å². The summed E-state index contributed by atoms with van der Waals surface area (Å²) in [5.41, 5.74) is 2.30. The maximum Gasteiger partial charge on any atom is 0.266 e. The summed E-state index contributed by atoms with van der Waals surface area (Å²) < 4.78 is 8.27. The van der Waals surface area contributed by atoms with E-state index in [9.17, 15) is 4.79 Å². The van der Waals surface area contributed by atoms with Crippen molar-refractivity contribution >= 4 is 26.8 Å². The smallest absolute Gasteiger partial charge is 0.266 e. The molecule has 0 saturated carbocycles. The minimum absolute atomic E-state index is 0.167. The van der Waals surface area contributed by atoms with Gasteiger partial charge in [-0.15, -0.1) is 0 Å². The van der Waals surface area contributed by atoms with E-state index >= 15 is 0 Å². The summed E-state index contributed by atoms with van der Waals surface area (Å²) in [5.74, 6) is 0.728. The summed E-state index contributed by atoms with van der Waals surface area (Å²) in [6, 6.07) is 14.6. The Hall–Kier alpha value is -3.06. The zero-order valence-corrected chi connectivity index (χ0v) is 15.8. The van der Waals surface area contributed by atoms with Gasteiger partial charge in [0, 0.05) is 40.1 Å². The maximum absolute atomic E-state index is 12.1. The van der Waals surface area contributed by atoms with Crippen LogP contribution in [0.1, 0.15) is 0 Å². The SMILES string of the molecule is O=c1ccc(-c2ccncc2)nn1CCOc1ccnc2cc(Br)ccc12. The van der Waals surface area contributed by atoms with Crippen LogP contribution in [0.25, 0.3) is 22.2 Å². The lowest BCUT2D eigenvalue weighted by Gasteiger charge is -2.11. The van der Waals surface area contributed by atoms with Crippen molar-refractivity contribution in [2.45, 2.75) is 6.54 Å². The summed E-state index contributed by atoms with van der Waals surface area (Å²) in [4.78, 5) is 20.5. The molecule has 27 heavy (non-hydrogen) atoms. The number of fused-ring (bicyclic) bond motifs is 1. The van der Waals surface area contributed by atoms with Crippen molar-refractivity contribution in [2.24, 2.45) is 0 Å². The molecule has 0 fully saturated rings. The second-order valence-corrected chi connectivity index (χ2v) is 6.75. The molecule has 0 aliphatic carbocycles. The van der Waals surface area contributed by atoms with Crippen LogP contribution in [0.5, 0.6) is 5.75 Å². The Kier molecular flexibility index (Phi) is 4.93. The number of aromatic nitrogens is 4. The molecule has 0 amide bonds. The maximum atomic E-state index is 12.1. The molecule has 1 aromatic carbocycles. The second kappa shape index (κ2) is 7.67. The fourth-order valence-corrected chi connectivity index (χ4v) is 3.10. The zero-order chi connectivity index (χ0) is 18.6. The Morgan fingerprint density at radius 1 is 1.00 bits per heavy atom. The predicted molar refractivity (Wildman–Crippen MR) is 107 cm³/mol. The molecule has 3 heterocycles. The molecule has 7 heteroatoms. The Balaban J connectivity index is 1.52. The fraction of sp³-hybridized carbons (Fsp3) is 0.100. The van der Waals surface area contributed by atoms with Gasteiger partial charge in [-0.1, -0.05) is 15.9 Å². The number of rotatable bonds is 5. The van der Waals surface area contributed by atoms with E-state index < -0.39 is 0 Å². The Bertz CT molecular complexity index is 1150. The van der Waals surface area contributed by atoms with Crippen LogP contribution in [-0.2, 0) is 6.54 Å². The third-order valence-electron chi connectivity index (χ3n) is 4.07. The lowest BCUT2D eigenvalue weighted by atomic mass is 10.2. The van der Waals surface area contributed by atoms with Crippen molar-refractivity contribution in [3.05, 3.63) is 81.9 Å². The first-order valence-electron chi connectivity index (χ1n) is 8.36. The molecule has 3 aromatic heterocycles. The molecule has 0 unspecified atom stereocenters. The van der Waals surface area contributed by atoms with Crippen molar-refractivity contribution in [1.29, 1.82) is 0 Å². The summed E-state index contributed by atoms with van der Waals surface area (Å²) in [7, 11) is 0. The van der Waals surface area contributed by atoms with Gasteiger partial charge >= 0.3 is 0 Å². The Morgan fingerprint density at radius 3 is 2.70 bits per heavy atom. The molecule has 4 rings (SSSR count). The molecule has 0 spiro atoms. The van der Waals surface area contributed by atoms with Crippen molar-refractivity contribution in [3.8, 4) is 17.0 Å². The number of hydrogen-bond acceptors (Lipinski definition) is 5. The first-order valence-corrected chi connectivity index (χ1v) is 9.16. The molecule has 6 nitrogen and oxygen atoms in total. The molecule has 0 aliphatic rings. The van der Waals surface area contributed by atoms with Crippen LogP contribution in [-0.4, -0.2) is 26.4 Å². The van der Waals surface area contributed by atoms with Crippen molar-refractivity contribution in [1.82, 2.24) is 19.7 Å². The van der Waals surface area contributed by atoms with Gasteiger partial charge in [0.1, 0.15) is 12.4 Å². The molecule has 0 saturated heterocycles. The van der Waals surface area contributed by atoms with Gasteiger partial charge in [0.25, 0.3) is 5.56 Å². The minimum atomic E-state index is -0.167. The van der Waals surface area contributed by atoms with E-state index in [4.69, 9.17) is 4.74 Å². The zero-order valence-electron chi connectivity index (χ0n) is 14.2. The Morgan fingerprint density at radius 2 is 1.85 bits per heavy atom. The van der Waals surface area contributed by atoms with Crippen LogP contribution < -0.4 is 10.3 Å². The fourth-order valence-electron chi connectivity index (χ4n) is 2.75. The minimum Gasteiger partial charge on any atom is -0.491 e. The van der Waals surface area contributed by atoms with Crippen molar-refractivity contribution < 1.29 is 4.74 Å². The number of hydrogen-bond donors (Lipinski definition) is 0. The van der Waals surface area contributed by atoms with Gasteiger partial charge in [-0.05, 0) is 42.5 Å². The normalized spacial score (nSPS) is 10.9. The van der Waals surface area contributed by atoms with Gasteiger partial charge in [-0.2, -0.15) is 5.10 Å². The summed E-state index contributed by atoms with van der Waals surface area (Å²) in [5, 5.41) is 5.35. The number of nitrogens with zero attached hydrogens (tertiary/aromatic N) is 4. The highest BCUT2D eigenvalue weighted by Gasteiger charge is 2.06. The van der Waals surface area contributed by atoms with Crippen LogP contribution in [0, 0.1) is 0 Å². The van der Waals surface area contributed by atoms with Crippen molar-refractivity contribution in [2.75, 3.05) is 6.61 Å². The van der Waals surface area contributed by atoms with Gasteiger partial charge in [0.2, 0.25) is 0 Å². The predicted octanol–water partition coefficient (Wildman–Crippen LogP) is 3.70. The molecule has 0 atom stereocenters. The van der Waals surface area contributed by atoms with E-state index in [1.165, 1.54) is 10.7 Å².